The molecule has 5 heteroatoms. The SMILES string of the molecule is CCCCc1c([N+](=O)[O-])ccc(O)c1O. The van der Waals surface area contributed by atoms with Crippen LogP contribution < -0.4 is 0 Å². The van der Waals surface area contributed by atoms with Gasteiger partial charge in [0, 0.05) is 6.07 Å². The van der Waals surface area contributed by atoms with Crippen molar-refractivity contribution >= 4 is 5.69 Å². The van der Waals surface area contributed by atoms with Gasteiger partial charge in [-0.25, -0.2) is 0 Å². The molecule has 0 heterocycles. The fourth-order valence-corrected chi connectivity index (χ4v) is 1.38. The van der Waals surface area contributed by atoms with Crippen LogP contribution in [0.4, 0.5) is 5.69 Å². The van der Waals surface area contributed by atoms with E-state index in [1.165, 1.54) is 6.07 Å². The van der Waals surface area contributed by atoms with Crippen molar-refractivity contribution in [3.05, 3.63) is 27.8 Å². The van der Waals surface area contributed by atoms with Gasteiger partial charge in [0.15, 0.2) is 11.5 Å². The summed E-state index contributed by atoms with van der Waals surface area (Å²) < 4.78 is 0. The van der Waals surface area contributed by atoms with Crippen LogP contribution >= 0.6 is 0 Å². The molecule has 0 unspecified atom stereocenters. The fourth-order valence-electron chi connectivity index (χ4n) is 1.38. The summed E-state index contributed by atoms with van der Waals surface area (Å²) in [5.41, 5.74) is 0.0700. The molecule has 0 amide bonds. The number of aromatic hydroxyl groups is 2. The summed E-state index contributed by atoms with van der Waals surface area (Å²) in [6.45, 7) is 1.95. The molecule has 5 nitrogen and oxygen atoms in total. The van der Waals surface area contributed by atoms with Gasteiger partial charge in [0.05, 0.1) is 10.5 Å². The summed E-state index contributed by atoms with van der Waals surface area (Å²) in [5.74, 6) is -0.690. The molecular formula is C10H13NO4. The molecule has 0 saturated carbocycles. The number of phenolic OH excluding ortho intramolecular Hbond substituents is 2. The highest BCUT2D eigenvalue weighted by Gasteiger charge is 2.19. The monoisotopic (exact) mass is 211 g/mol. The number of phenols is 2. The Morgan fingerprint density at radius 1 is 1.40 bits per heavy atom. The van der Waals surface area contributed by atoms with Crippen molar-refractivity contribution in [2.75, 3.05) is 0 Å². The van der Waals surface area contributed by atoms with Gasteiger partial charge in [0.25, 0.3) is 5.69 Å². The van der Waals surface area contributed by atoms with Crippen molar-refractivity contribution in [1.82, 2.24) is 0 Å². The lowest BCUT2D eigenvalue weighted by Gasteiger charge is -2.06. The first-order valence-corrected chi connectivity index (χ1v) is 4.76. The number of nitro benzene ring substituents is 1. The number of unbranched alkanes of at least 4 members (excludes halogenated alkanes) is 1. The lowest BCUT2D eigenvalue weighted by molar-refractivity contribution is -0.385. The molecular weight excluding hydrogens is 198 g/mol. The highest BCUT2D eigenvalue weighted by molar-refractivity contribution is 5.55. The zero-order chi connectivity index (χ0) is 11.4. The predicted octanol–water partition coefficient (Wildman–Crippen LogP) is 2.35. The van der Waals surface area contributed by atoms with Gasteiger partial charge in [-0.1, -0.05) is 13.3 Å². The van der Waals surface area contributed by atoms with Crippen molar-refractivity contribution < 1.29 is 15.1 Å². The Morgan fingerprint density at radius 2 is 2.07 bits per heavy atom. The van der Waals surface area contributed by atoms with Gasteiger partial charge in [-0.3, -0.25) is 10.1 Å². The summed E-state index contributed by atoms with van der Waals surface area (Å²) in [7, 11) is 0. The summed E-state index contributed by atoms with van der Waals surface area (Å²) in [6, 6.07) is 2.34. The average molecular weight is 211 g/mol. The molecule has 82 valence electrons. The molecule has 0 aliphatic rings. The van der Waals surface area contributed by atoms with Gasteiger partial charge in [0.1, 0.15) is 0 Å². The second-order valence-corrected chi connectivity index (χ2v) is 3.29. The van der Waals surface area contributed by atoms with Crippen LogP contribution in [-0.2, 0) is 6.42 Å². The third kappa shape index (κ3) is 2.37. The van der Waals surface area contributed by atoms with Crippen molar-refractivity contribution in [1.29, 1.82) is 0 Å². The lowest BCUT2D eigenvalue weighted by Crippen LogP contribution is -1.96. The van der Waals surface area contributed by atoms with E-state index in [1.807, 2.05) is 6.92 Å². The van der Waals surface area contributed by atoms with E-state index in [2.05, 4.69) is 0 Å². The maximum absolute atomic E-state index is 10.7. The Kier molecular flexibility index (Phi) is 3.49. The summed E-state index contributed by atoms with van der Waals surface area (Å²) in [6.07, 6.45) is 2.00. The van der Waals surface area contributed by atoms with Crippen LogP contribution in [0.25, 0.3) is 0 Å². The fraction of sp³-hybridized carbons (Fsp3) is 0.400. The third-order valence-corrected chi connectivity index (χ3v) is 2.21. The van der Waals surface area contributed by atoms with Crippen LogP contribution in [0.1, 0.15) is 25.3 Å². The molecule has 0 aliphatic carbocycles. The molecule has 0 aromatic heterocycles. The molecule has 0 saturated heterocycles. The molecule has 0 aliphatic heterocycles. The highest BCUT2D eigenvalue weighted by Crippen LogP contribution is 2.36. The number of nitro groups is 1. The highest BCUT2D eigenvalue weighted by atomic mass is 16.6. The average Bonchev–Trinajstić information content (AvgIpc) is 2.19. The maximum Gasteiger partial charge on any atom is 0.276 e. The number of nitrogens with zero attached hydrogens (tertiary/aromatic N) is 1. The normalized spacial score (nSPS) is 10.2. The first-order valence-electron chi connectivity index (χ1n) is 4.76. The van der Waals surface area contributed by atoms with Gasteiger partial charge in [-0.15, -0.1) is 0 Å². The van der Waals surface area contributed by atoms with Crippen LogP contribution in [0, 0.1) is 10.1 Å². The number of hydrogen-bond donors (Lipinski definition) is 2. The van der Waals surface area contributed by atoms with E-state index in [9.17, 15) is 20.3 Å². The van der Waals surface area contributed by atoms with E-state index >= 15 is 0 Å². The third-order valence-electron chi connectivity index (χ3n) is 2.21. The molecule has 0 spiro atoms. The van der Waals surface area contributed by atoms with Crippen molar-refractivity contribution in [3.63, 3.8) is 0 Å². The smallest absolute Gasteiger partial charge is 0.276 e. The molecule has 2 N–H and O–H groups in total. The summed E-state index contributed by atoms with van der Waals surface area (Å²) in [4.78, 5) is 10.1. The van der Waals surface area contributed by atoms with E-state index in [-0.39, 0.29) is 22.7 Å². The molecule has 1 aromatic rings. The molecule has 15 heavy (non-hydrogen) atoms. The Bertz CT molecular complexity index is 376. The van der Waals surface area contributed by atoms with Crippen LogP contribution in [-0.4, -0.2) is 15.1 Å². The summed E-state index contributed by atoms with van der Waals surface area (Å²) in [5, 5.41) is 29.4. The van der Waals surface area contributed by atoms with Crippen LogP contribution in [0.3, 0.4) is 0 Å². The number of hydrogen-bond acceptors (Lipinski definition) is 4. The van der Waals surface area contributed by atoms with E-state index in [1.54, 1.807) is 0 Å². The van der Waals surface area contributed by atoms with E-state index < -0.39 is 4.92 Å². The second kappa shape index (κ2) is 4.63. The number of rotatable bonds is 4. The largest absolute Gasteiger partial charge is 0.504 e. The van der Waals surface area contributed by atoms with Crippen LogP contribution in [0.15, 0.2) is 12.1 Å². The van der Waals surface area contributed by atoms with Crippen molar-refractivity contribution in [2.24, 2.45) is 0 Å². The van der Waals surface area contributed by atoms with E-state index in [0.29, 0.717) is 6.42 Å². The zero-order valence-electron chi connectivity index (χ0n) is 8.43. The molecule has 0 atom stereocenters. The number of benzene rings is 1. The Labute approximate surface area is 87.1 Å². The van der Waals surface area contributed by atoms with Crippen molar-refractivity contribution in [2.45, 2.75) is 26.2 Å². The minimum Gasteiger partial charge on any atom is -0.504 e. The topological polar surface area (TPSA) is 83.6 Å². The first kappa shape index (κ1) is 11.3. The molecule has 0 fully saturated rings. The quantitative estimate of drug-likeness (QED) is 0.455. The Hall–Kier alpha value is -1.78. The first-order chi connectivity index (χ1) is 7.07. The van der Waals surface area contributed by atoms with Gasteiger partial charge < -0.3 is 10.2 Å². The van der Waals surface area contributed by atoms with Gasteiger partial charge in [0.2, 0.25) is 0 Å². The minimum atomic E-state index is -0.551. The molecule has 1 rings (SSSR count). The Balaban J connectivity index is 3.16. The maximum atomic E-state index is 10.7. The molecule has 1 aromatic carbocycles. The van der Waals surface area contributed by atoms with Crippen LogP contribution in [0.2, 0.25) is 0 Å². The van der Waals surface area contributed by atoms with Gasteiger partial charge in [-0.2, -0.15) is 0 Å². The standard InChI is InChI=1S/C10H13NO4/c1-2-3-4-7-8(11(14)15)5-6-9(12)10(7)13/h5-6,12-13H,2-4H2,1H3. The van der Waals surface area contributed by atoms with Crippen LogP contribution in [0.5, 0.6) is 11.5 Å². The van der Waals surface area contributed by atoms with Gasteiger partial charge in [-0.05, 0) is 18.9 Å². The Morgan fingerprint density at radius 3 is 2.60 bits per heavy atom. The second-order valence-electron chi connectivity index (χ2n) is 3.29. The summed E-state index contributed by atoms with van der Waals surface area (Å²) >= 11 is 0. The molecule has 0 radical (unpaired) electrons. The van der Waals surface area contributed by atoms with E-state index in [0.717, 1.165) is 18.9 Å². The zero-order valence-corrected chi connectivity index (χ0v) is 8.43. The lowest BCUT2D eigenvalue weighted by atomic mass is 10.0. The van der Waals surface area contributed by atoms with Gasteiger partial charge >= 0.3 is 0 Å². The molecule has 0 bridgehead atoms. The van der Waals surface area contributed by atoms with Crippen molar-refractivity contribution in [3.8, 4) is 11.5 Å². The van der Waals surface area contributed by atoms with E-state index in [4.69, 9.17) is 0 Å². The predicted molar refractivity (Wildman–Crippen MR) is 55.0 cm³/mol. The minimum absolute atomic E-state index is 0.140.